The third-order valence-corrected chi connectivity index (χ3v) is 3.94. The second-order valence-electron chi connectivity index (χ2n) is 5.45. The van der Waals surface area contributed by atoms with Gasteiger partial charge in [0.15, 0.2) is 6.10 Å². The number of carbonyl (C=O) groups is 1. The van der Waals surface area contributed by atoms with Gasteiger partial charge < -0.3 is 20.3 Å². The number of carbonyl (C=O) groups excluding carboxylic acids is 1. The van der Waals surface area contributed by atoms with Crippen molar-refractivity contribution in [3.05, 3.63) is 18.2 Å². The molecule has 1 unspecified atom stereocenters. The molecule has 1 amide bonds. The Morgan fingerprint density at radius 2 is 2.05 bits per heavy atom. The van der Waals surface area contributed by atoms with Crippen LogP contribution in [0.25, 0.3) is 0 Å². The van der Waals surface area contributed by atoms with Crippen molar-refractivity contribution in [3.63, 3.8) is 0 Å². The molecular weight excluding hydrogens is 268 g/mol. The quantitative estimate of drug-likeness (QED) is 0.729. The Morgan fingerprint density at radius 3 is 2.71 bits per heavy atom. The van der Waals surface area contributed by atoms with Gasteiger partial charge >= 0.3 is 0 Å². The molecule has 1 saturated heterocycles. The molecule has 21 heavy (non-hydrogen) atoms. The molecular formula is C15H20N4O2. The first-order valence-corrected chi connectivity index (χ1v) is 7.20. The summed E-state index contributed by atoms with van der Waals surface area (Å²) in [5, 5.41) is 0. The Hall–Kier alpha value is -2.24. The third kappa shape index (κ3) is 2.66. The van der Waals surface area contributed by atoms with E-state index >= 15 is 0 Å². The fraction of sp³-hybridized carbons (Fsp3) is 0.467. The molecule has 2 aliphatic rings. The van der Waals surface area contributed by atoms with E-state index in [0.717, 1.165) is 43.5 Å². The number of ether oxygens (including phenoxy) is 1. The van der Waals surface area contributed by atoms with E-state index in [9.17, 15) is 4.79 Å². The van der Waals surface area contributed by atoms with Crippen molar-refractivity contribution < 1.29 is 9.53 Å². The van der Waals surface area contributed by atoms with Gasteiger partial charge in [-0.3, -0.25) is 4.79 Å². The normalized spacial score (nSPS) is 21.4. The fourth-order valence-corrected chi connectivity index (χ4v) is 2.75. The van der Waals surface area contributed by atoms with Crippen LogP contribution in [0.4, 0.5) is 11.4 Å². The molecule has 1 fully saturated rings. The Labute approximate surface area is 124 Å². The van der Waals surface area contributed by atoms with Crippen LogP contribution in [0.1, 0.15) is 13.8 Å². The highest BCUT2D eigenvalue weighted by Gasteiger charge is 2.28. The largest absolute Gasteiger partial charge is 0.480 e. The van der Waals surface area contributed by atoms with E-state index in [1.54, 1.807) is 13.0 Å². The number of hydrogen-bond donors (Lipinski definition) is 1. The van der Waals surface area contributed by atoms with Crippen LogP contribution < -0.4 is 10.5 Å². The van der Waals surface area contributed by atoms with E-state index in [2.05, 4.69) is 4.90 Å². The van der Waals surface area contributed by atoms with Gasteiger partial charge in [-0.25, -0.2) is 4.99 Å². The van der Waals surface area contributed by atoms with Gasteiger partial charge in [0.2, 0.25) is 5.91 Å². The molecule has 2 aliphatic heterocycles. The van der Waals surface area contributed by atoms with Crippen molar-refractivity contribution >= 4 is 23.1 Å². The zero-order valence-electron chi connectivity index (χ0n) is 12.4. The van der Waals surface area contributed by atoms with E-state index in [-0.39, 0.29) is 12.0 Å². The second-order valence-corrected chi connectivity index (χ2v) is 5.45. The molecule has 0 saturated carbocycles. The van der Waals surface area contributed by atoms with Crippen molar-refractivity contribution in [1.29, 1.82) is 0 Å². The molecule has 0 aliphatic carbocycles. The number of piperazine rings is 1. The molecule has 2 heterocycles. The summed E-state index contributed by atoms with van der Waals surface area (Å²) in [6, 6.07) is 5.51. The number of anilines is 1. The van der Waals surface area contributed by atoms with E-state index in [1.165, 1.54) is 0 Å². The lowest BCUT2D eigenvalue weighted by Crippen LogP contribution is -2.53. The number of nitrogens with two attached hydrogens (primary N) is 1. The molecule has 3 rings (SSSR count). The van der Waals surface area contributed by atoms with Gasteiger partial charge in [0, 0.05) is 44.9 Å². The molecule has 1 aromatic rings. The molecule has 1 atom stereocenters. The maximum atomic E-state index is 11.4. The van der Waals surface area contributed by atoms with E-state index < -0.39 is 0 Å². The molecule has 112 valence electrons. The topological polar surface area (TPSA) is 71.2 Å². The number of amidine groups is 1. The Bertz CT molecular complexity index is 591. The summed E-state index contributed by atoms with van der Waals surface area (Å²) in [5.41, 5.74) is 7.26. The SMILES string of the molecule is CC(=O)N1CCN(C2=Nc3ccc(N)cc3OC2C)CC1. The summed E-state index contributed by atoms with van der Waals surface area (Å²) in [5.74, 6) is 1.79. The van der Waals surface area contributed by atoms with Crippen molar-refractivity contribution in [2.75, 3.05) is 31.9 Å². The van der Waals surface area contributed by atoms with Gasteiger partial charge in [-0.1, -0.05) is 0 Å². The van der Waals surface area contributed by atoms with Gasteiger partial charge in [-0.05, 0) is 19.1 Å². The van der Waals surface area contributed by atoms with E-state index in [1.807, 2.05) is 24.0 Å². The predicted octanol–water partition coefficient (Wildman–Crippen LogP) is 1.24. The minimum Gasteiger partial charge on any atom is -0.480 e. The maximum absolute atomic E-state index is 11.4. The number of amides is 1. The van der Waals surface area contributed by atoms with Crippen molar-refractivity contribution in [2.24, 2.45) is 4.99 Å². The fourth-order valence-electron chi connectivity index (χ4n) is 2.75. The van der Waals surface area contributed by atoms with Crippen LogP contribution >= 0.6 is 0 Å². The molecule has 6 heteroatoms. The summed E-state index contributed by atoms with van der Waals surface area (Å²) in [6.07, 6.45) is -0.108. The highest BCUT2D eigenvalue weighted by Crippen LogP contribution is 2.34. The van der Waals surface area contributed by atoms with Crippen molar-refractivity contribution in [1.82, 2.24) is 9.80 Å². The average Bonchev–Trinajstić information content (AvgIpc) is 2.46. The zero-order chi connectivity index (χ0) is 15.0. The lowest BCUT2D eigenvalue weighted by atomic mass is 10.2. The number of aliphatic imine (C=N–C) groups is 1. The van der Waals surface area contributed by atoms with Crippen LogP contribution in [-0.4, -0.2) is 53.8 Å². The number of nitrogens with zero attached hydrogens (tertiary/aromatic N) is 3. The maximum Gasteiger partial charge on any atom is 0.219 e. The summed E-state index contributed by atoms with van der Waals surface area (Å²) in [4.78, 5) is 20.2. The Morgan fingerprint density at radius 1 is 1.33 bits per heavy atom. The van der Waals surface area contributed by atoms with Crippen molar-refractivity contribution in [3.8, 4) is 5.75 Å². The van der Waals surface area contributed by atoms with Gasteiger partial charge in [-0.15, -0.1) is 0 Å². The van der Waals surface area contributed by atoms with Gasteiger partial charge in [-0.2, -0.15) is 0 Å². The number of benzene rings is 1. The lowest BCUT2D eigenvalue weighted by molar-refractivity contribution is -0.130. The van der Waals surface area contributed by atoms with Crippen LogP contribution in [0.5, 0.6) is 5.75 Å². The highest BCUT2D eigenvalue weighted by atomic mass is 16.5. The van der Waals surface area contributed by atoms with Gasteiger partial charge in [0.05, 0.1) is 0 Å². The van der Waals surface area contributed by atoms with E-state index in [0.29, 0.717) is 5.69 Å². The first-order chi connectivity index (χ1) is 10.0. The molecule has 0 aromatic heterocycles. The summed E-state index contributed by atoms with van der Waals surface area (Å²) in [7, 11) is 0. The molecule has 1 aromatic carbocycles. The monoisotopic (exact) mass is 288 g/mol. The first-order valence-electron chi connectivity index (χ1n) is 7.20. The Kier molecular flexibility index (Phi) is 3.45. The molecule has 0 spiro atoms. The first kappa shape index (κ1) is 13.7. The standard InChI is InChI=1S/C15H20N4O2/c1-10-15(19-7-5-18(6-8-19)11(2)20)17-13-4-3-12(16)9-14(13)21-10/h3-4,9-10H,5-8,16H2,1-2H3. The highest BCUT2D eigenvalue weighted by molar-refractivity contribution is 5.91. The summed E-state index contributed by atoms with van der Waals surface area (Å²) < 4.78 is 5.92. The minimum atomic E-state index is -0.108. The number of nitrogen functional groups attached to an aromatic ring is 1. The molecule has 2 N–H and O–H groups in total. The van der Waals surface area contributed by atoms with Crippen LogP contribution in [0, 0.1) is 0 Å². The van der Waals surface area contributed by atoms with Crippen molar-refractivity contribution in [2.45, 2.75) is 20.0 Å². The molecule has 0 bridgehead atoms. The summed E-state index contributed by atoms with van der Waals surface area (Å²) in [6.45, 7) is 6.64. The smallest absolute Gasteiger partial charge is 0.219 e. The zero-order valence-corrected chi connectivity index (χ0v) is 12.4. The van der Waals surface area contributed by atoms with Crippen LogP contribution in [0.3, 0.4) is 0 Å². The average molecular weight is 288 g/mol. The summed E-state index contributed by atoms with van der Waals surface area (Å²) >= 11 is 0. The number of fused-ring (bicyclic) bond motifs is 1. The molecule has 6 nitrogen and oxygen atoms in total. The Balaban J connectivity index is 1.79. The minimum absolute atomic E-state index is 0.108. The van der Waals surface area contributed by atoms with Gasteiger partial charge in [0.25, 0.3) is 0 Å². The van der Waals surface area contributed by atoms with Gasteiger partial charge in [0.1, 0.15) is 17.3 Å². The third-order valence-electron chi connectivity index (χ3n) is 3.94. The van der Waals surface area contributed by atoms with Crippen LogP contribution in [0.2, 0.25) is 0 Å². The number of hydrogen-bond acceptors (Lipinski definition) is 5. The number of rotatable bonds is 0. The predicted molar refractivity (Wildman–Crippen MR) is 81.9 cm³/mol. The lowest BCUT2D eigenvalue weighted by Gasteiger charge is -2.38. The second kappa shape index (κ2) is 5.27. The van der Waals surface area contributed by atoms with E-state index in [4.69, 9.17) is 15.5 Å². The van der Waals surface area contributed by atoms with Crippen LogP contribution in [-0.2, 0) is 4.79 Å². The van der Waals surface area contributed by atoms with Crippen LogP contribution in [0.15, 0.2) is 23.2 Å². The molecule has 0 radical (unpaired) electrons.